The first-order valence-electron chi connectivity index (χ1n) is 22.5. The van der Waals surface area contributed by atoms with Crippen molar-refractivity contribution < 1.29 is 83.2 Å². The molecule has 2 aliphatic rings. The Labute approximate surface area is 413 Å². The van der Waals surface area contributed by atoms with E-state index in [2.05, 4.69) is 19.9 Å². The van der Waals surface area contributed by atoms with E-state index in [-0.39, 0.29) is 90.8 Å². The summed E-state index contributed by atoms with van der Waals surface area (Å²) in [5.41, 5.74) is -2.79. The minimum atomic E-state index is -4.65. The van der Waals surface area contributed by atoms with E-state index < -0.39 is 89.3 Å². The van der Waals surface area contributed by atoms with E-state index >= 15 is 0 Å². The Morgan fingerprint density at radius 3 is 1.32 bits per heavy atom. The minimum absolute atomic E-state index is 0.00583. The van der Waals surface area contributed by atoms with E-state index in [0.717, 1.165) is 53.7 Å². The minimum Gasteiger partial charge on any atom is -0.478 e. The van der Waals surface area contributed by atoms with Gasteiger partial charge in [-0.15, -0.1) is 0 Å². The van der Waals surface area contributed by atoms with Crippen molar-refractivity contribution in [3.8, 4) is 22.3 Å². The number of likely N-dealkylation sites (tertiary alicyclic amines) is 2. The van der Waals surface area contributed by atoms with Gasteiger partial charge in [-0.1, -0.05) is 12.1 Å². The number of methoxy groups -OCH3 is 1. The number of aromatic nitrogens is 4. The van der Waals surface area contributed by atoms with Gasteiger partial charge in [-0.25, -0.2) is 28.0 Å². The summed E-state index contributed by atoms with van der Waals surface area (Å²) >= 11 is 0. The lowest BCUT2D eigenvalue weighted by Gasteiger charge is -2.27. The fraction of sp³-hybridized carbons (Fsp3) is 0.469. The van der Waals surface area contributed by atoms with Crippen LogP contribution in [0.4, 0.5) is 44.7 Å². The smallest absolute Gasteiger partial charge is 0.433 e. The van der Waals surface area contributed by atoms with Gasteiger partial charge in [0.25, 0.3) is 0 Å². The van der Waals surface area contributed by atoms with Crippen molar-refractivity contribution >= 4 is 35.7 Å². The molecule has 2 fully saturated rings. The van der Waals surface area contributed by atoms with Crippen molar-refractivity contribution in [2.45, 2.75) is 128 Å². The van der Waals surface area contributed by atoms with Crippen LogP contribution in [-0.4, -0.2) is 126 Å². The molecule has 0 aliphatic carbocycles. The summed E-state index contributed by atoms with van der Waals surface area (Å²) in [6, 6.07) is 4.63. The average molecular weight is 1040 g/mol. The van der Waals surface area contributed by atoms with Crippen molar-refractivity contribution in [2.75, 3.05) is 20.2 Å². The molecule has 2 saturated heterocycles. The predicted molar refractivity (Wildman–Crippen MR) is 242 cm³/mol. The molecule has 2 amide bonds. The van der Waals surface area contributed by atoms with Crippen LogP contribution < -0.4 is 0 Å². The Balaban J connectivity index is 0.000000271. The Bertz CT molecular complexity index is 2670. The van der Waals surface area contributed by atoms with Crippen LogP contribution in [0.5, 0.6) is 0 Å². The van der Waals surface area contributed by atoms with E-state index in [1.165, 1.54) is 24.4 Å². The third kappa shape index (κ3) is 15.4. The summed E-state index contributed by atoms with van der Waals surface area (Å²) in [5.74, 6) is -2.89. The lowest BCUT2D eigenvalue weighted by Crippen LogP contribution is -2.43. The summed E-state index contributed by atoms with van der Waals surface area (Å²) in [6.45, 7) is 9.45. The SMILES string of the molecule is CC(C)(C)OC(=O)N1C[C@H](F)CC1C(=O)CCc1cc(-c2ccc(C(F)(F)F)nc2)c(C(=O)O)cn1.COC(=O)c1cnc(CCC(=O)C2C[C@@H](F)CN2C(=O)OC(C)(C)C)cc1-c1ccc(C(F)(F)F)nc1. The molecule has 24 heteroatoms. The van der Waals surface area contributed by atoms with Crippen LogP contribution in [0.25, 0.3) is 22.3 Å². The molecule has 2 unspecified atom stereocenters. The summed E-state index contributed by atoms with van der Waals surface area (Å²) in [6.07, 6.45) is -9.82. The Hall–Kier alpha value is -7.14. The van der Waals surface area contributed by atoms with Gasteiger partial charge in [0.1, 0.15) is 34.9 Å². The molecule has 6 rings (SSSR count). The zero-order valence-electron chi connectivity index (χ0n) is 40.6. The molecule has 0 aromatic carbocycles. The first-order chi connectivity index (χ1) is 33.8. The highest BCUT2D eigenvalue weighted by molar-refractivity contribution is 5.97. The largest absolute Gasteiger partial charge is 0.478 e. The maximum absolute atomic E-state index is 14.1. The van der Waals surface area contributed by atoms with E-state index in [1.54, 1.807) is 41.5 Å². The van der Waals surface area contributed by atoms with Crippen LogP contribution in [0.15, 0.2) is 61.2 Å². The molecule has 6 heterocycles. The number of alkyl halides is 8. The molecule has 0 bridgehead atoms. The highest BCUT2D eigenvalue weighted by Gasteiger charge is 2.43. The molecular weight excluding hydrogens is 985 g/mol. The molecule has 4 aromatic heterocycles. The zero-order valence-corrected chi connectivity index (χ0v) is 40.6. The molecule has 1 N–H and O–H groups in total. The zero-order chi connectivity index (χ0) is 54.4. The number of halogens is 8. The highest BCUT2D eigenvalue weighted by Crippen LogP contribution is 2.33. The number of hydrogen-bond donors (Lipinski definition) is 1. The molecule has 73 heavy (non-hydrogen) atoms. The molecule has 0 saturated carbocycles. The number of ketones is 2. The normalized spacial score (nSPS) is 18.1. The molecule has 394 valence electrons. The predicted octanol–water partition coefficient (Wildman–Crippen LogP) is 9.51. The van der Waals surface area contributed by atoms with Crippen LogP contribution >= 0.6 is 0 Å². The maximum atomic E-state index is 14.1. The molecule has 16 nitrogen and oxygen atoms in total. The van der Waals surface area contributed by atoms with Gasteiger partial charge in [0.2, 0.25) is 0 Å². The van der Waals surface area contributed by atoms with Crippen LogP contribution in [0.2, 0.25) is 0 Å². The molecule has 0 radical (unpaired) electrons. The number of aryl methyl sites for hydroxylation is 2. The van der Waals surface area contributed by atoms with Gasteiger partial charge in [-0.3, -0.25) is 39.3 Å². The number of pyridine rings is 4. The monoisotopic (exact) mass is 1040 g/mol. The number of carboxylic acid groups (broad SMARTS) is 1. The average Bonchev–Trinajstić information content (AvgIpc) is 3.91. The van der Waals surface area contributed by atoms with E-state index in [1.807, 2.05) is 0 Å². The van der Waals surface area contributed by atoms with Crippen molar-refractivity contribution in [3.63, 3.8) is 0 Å². The van der Waals surface area contributed by atoms with Crippen LogP contribution in [0.3, 0.4) is 0 Å². The number of esters is 1. The highest BCUT2D eigenvalue weighted by atomic mass is 19.4. The van der Waals surface area contributed by atoms with E-state index in [9.17, 15) is 69.0 Å². The molecule has 0 spiro atoms. The van der Waals surface area contributed by atoms with E-state index in [4.69, 9.17) is 14.2 Å². The number of ether oxygens (including phenoxy) is 3. The van der Waals surface area contributed by atoms with Gasteiger partial charge in [0.05, 0.1) is 43.4 Å². The standard InChI is InChI=1S/C25H27F4N3O5.C24H25F4N3O5/c1-24(2,3)37-23(35)32-13-15(26)9-19(32)20(33)7-6-16-10-17(18(12-30-16)22(34)36-4)14-5-8-21(31-11-14)25(27,28)29;1-23(2,3)36-22(35)31-12-14(25)8-18(31)19(32)6-5-15-9-16(17(11-29-15)21(33)34)13-4-7-20(30-10-13)24(26,27)28/h5,8,10-12,15,19H,6-7,9,13H2,1-4H3;4,7,9-11,14,18H,5-6,8,12H2,1-3H3,(H,33,34)/t15-,19?;14-,18?/m11/s1. The lowest BCUT2D eigenvalue weighted by atomic mass is 9.99. The van der Waals surface area contributed by atoms with Crippen molar-refractivity contribution in [2.24, 2.45) is 0 Å². The quantitative estimate of drug-likeness (QED) is 0.0797. The number of nitrogens with zero attached hydrogens (tertiary/aromatic N) is 6. The number of Topliss-reactive ketones (excluding diaryl/α,β-unsaturated/α-hetero) is 2. The summed E-state index contributed by atoms with van der Waals surface area (Å²) in [4.78, 5) is 91.7. The van der Waals surface area contributed by atoms with Crippen LogP contribution in [0.1, 0.15) is 111 Å². The van der Waals surface area contributed by atoms with Crippen LogP contribution in [-0.2, 0) is 49.0 Å². The summed E-state index contributed by atoms with van der Waals surface area (Å²) in [5, 5.41) is 9.47. The summed E-state index contributed by atoms with van der Waals surface area (Å²) < 4.78 is 121. The second-order valence-electron chi connectivity index (χ2n) is 19.0. The van der Waals surface area contributed by atoms with Crippen molar-refractivity contribution in [1.29, 1.82) is 0 Å². The van der Waals surface area contributed by atoms with Crippen molar-refractivity contribution in [3.05, 3.63) is 95.1 Å². The molecular formula is C49H52F8N6O10. The number of carbonyl (C=O) groups excluding carboxylic acids is 5. The second kappa shape index (κ2) is 22.7. The number of amides is 2. The van der Waals surface area contributed by atoms with Crippen molar-refractivity contribution in [1.82, 2.24) is 29.7 Å². The molecule has 4 aromatic rings. The summed E-state index contributed by atoms with van der Waals surface area (Å²) in [7, 11) is 1.15. The van der Waals surface area contributed by atoms with Gasteiger partial charge in [-0.05, 0) is 78.6 Å². The van der Waals surface area contributed by atoms with Crippen LogP contribution in [0, 0.1) is 0 Å². The Morgan fingerprint density at radius 2 is 0.986 bits per heavy atom. The number of carboxylic acids is 1. The Kier molecular flexibility index (Phi) is 17.7. The van der Waals surface area contributed by atoms with Gasteiger partial charge in [0.15, 0.2) is 11.6 Å². The Morgan fingerprint density at radius 1 is 0.603 bits per heavy atom. The maximum Gasteiger partial charge on any atom is 0.433 e. The van der Waals surface area contributed by atoms with Gasteiger partial charge < -0.3 is 19.3 Å². The third-order valence-corrected chi connectivity index (χ3v) is 11.0. The van der Waals surface area contributed by atoms with Gasteiger partial charge in [-0.2, -0.15) is 26.3 Å². The van der Waals surface area contributed by atoms with E-state index in [0.29, 0.717) is 11.4 Å². The number of carbonyl (C=O) groups is 6. The second-order valence-corrected chi connectivity index (χ2v) is 19.0. The molecule has 4 atom stereocenters. The fourth-order valence-corrected chi connectivity index (χ4v) is 7.69. The number of aromatic carboxylic acids is 1. The van der Waals surface area contributed by atoms with Gasteiger partial charge in [0, 0.05) is 84.1 Å². The van der Waals surface area contributed by atoms with Gasteiger partial charge >= 0.3 is 36.5 Å². The number of rotatable bonds is 12. The first-order valence-corrected chi connectivity index (χ1v) is 22.5. The first kappa shape index (κ1) is 56.8. The molecule has 2 aliphatic heterocycles. The number of hydrogen-bond acceptors (Lipinski definition) is 13. The topological polar surface area (TPSA) is 208 Å². The third-order valence-electron chi connectivity index (χ3n) is 11.0. The lowest BCUT2D eigenvalue weighted by molar-refractivity contribution is -0.141. The fourth-order valence-electron chi connectivity index (χ4n) is 7.69.